The summed E-state index contributed by atoms with van der Waals surface area (Å²) in [6.07, 6.45) is 0.576. The summed E-state index contributed by atoms with van der Waals surface area (Å²) in [5.41, 5.74) is 2.62. The van der Waals surface area contributed by atoms with Crippen molar-refractivity contribution in [3.05, 3.63) is 35.4 Å². The number of rotatable bonds is 6. The van der Waals surface area contributed by atoms with E-state index >= 15 is 0 Å². The van der Waals surface area contributed by atoms with Crippen LogP contribution in [0.15, 0.2) is 24.3 Å². The number of likely N-dealkylation sites (N-methyl/N-ethyl adjacent to an activating group) is 1. The molecule has 2 heterocycles. The van der Waals surface area contributed by atoms with Gasteiger partial charge in [0.25, 0.3) is 0 Å². The third kappa shape index (κ3) is 5.53. The van der Waals surface area contributed by atoms with E-state index in [9.17, 15) is 13.2 Å². The molecule has 0 aromatic heterocycles. The lowest BCUT2D eigenvalue weighted by molar-refractivity contribution is -0.134. The number of benzene rings is 1. The first-order chi connectivity index (χ1) is 12.9. The van der Waals surface area contributed by atoms with Crippen molar-refractivity contribution in [1.82, 2.24) is 14.7 Å². The van der Waals surface area contributed by atoms with Crippen LogP contribution in [0.5, 0.6) is 0 Å². The van der Waals surface area contributed by atoms with Crippen molar-refractivity contribution in [1.29, 1.82) is 0 Å². The molecule has 0 aliphatic carbocycles. The van der Waals surface area contributed by atoms with Crippen molar-refractivity contribution < 1.29 is 13.2 Å². The van der Waals surface area contributed by atoms with Crippen molar-refractivity contribution in [2.24, 2.45) is 0 Å². The van der Waals surface area contributed by atoms with Gasteiger partial charge in [-0.1, -0.05) is 29.8 Å². The van der Waals surface area contributed by atoms with Gasteiger partial charge >= 0.3 is 0 Å². The zero-order valence-corrected chi connectivity index (χ0v) is 17.2. The summed E-state index contributed by atoms with van der Waals surface area (Å²) >= 11 is 0. The fourth-order valence-electron chi connectivity index (χ4n) is 4.12. The number of hydrogen-bond donors (Lipinski definition) is 0. The smallest absolute Gasteiger partial charge is 0.237 e. The van der Waals surface area contributed by atoms with Crippen LogP contribution in [0.25, 0.3) is 0 Å². The van der Waals surface area contributed by atoms with Gasteiger partial charge in [0.05, 0.1) is 18.1 Å². The van der Waals surface area contributed by atoms with Crippen molar-refractivity contribution >= 4 is 15.7 Å². The Morgan fingerprint density at radius 3 is 2.48 bits per heavy atom. The highest BCUT2D eigenvalue weighted by Gasteiger charge is 2.34. The van der Waals surface area contributed by atoms with Crippen LogP contribution in [0.1, 0.15) is 24.5 Å². The molecular weight excluding hydrogens is 362 g/mol. The van der Waals surface area contributed by atoms with E-state index in [0.29, 0.717) is 19.5 Å². The van der Waals surface area contributed by atoms with E-state index in [-0.39, 0.29) is 23.5 Å². The van der Waals surface area contributed by atoms with E-state index in [2.05, 4.69) is 41.0 Å². The molecule has 1 aromatic carbocycles. The van der Waals surface area contributed by atoms with Gasteiger partial charge in [0.2, 0.25) is 5.91 Å². The average Bonchev–Trinajstić information content (AvgIpc) is 2.97. The Balaban J connectivity index is 1.47. The quantitative estimate of drug-likeness (QED) is 0.726. The van der Waals surface area contributed by atoms with Gasteiger partial charge in [-0.05, 0) is 25.8 Å². The van der Waals surface area contributed by atoms with Crippen LogP contribution in [0.4, 0.5) is 0 Å². The Labute approximate surface area is 163 Å². The number of hydrogen-bond acceptors (Lipinski definition) is 5. The summed E-state index contributed by atoms with van der Waals surface area (Å²) in [6, 6.07) is 8.46. The van der Waals surface area contributed by atoms with E-state index in [0.717, 1.165) is 32.7 Å². The zero-order chi connectivity index (χ0) is 19.4. The molecule has 7 heteroatoms. The molecule has 0 N–H and O–H groups in total. The van der Waals surface area contributed by atoms with E-state index < -0.39 is 9.84 Å². The molecule has 27 heavy (non-hydrogen) atoms. The summed E-state index contributed by atoms with van der Waals surface area (Å²) < 4.78 is 23.5. The number of nitrogens with zero attached hydrogens (tertiary/aromatic N) is 3. The summed E-state index contributed by atoms with van der Waals surface area (Å²) in [5, 5.41) is 0. The minimum Gasteiger partial charge on any atom is -0.338 e. The van der Waals surface area contributed by atoms with Gasteiger partial charge < -0.3 is 4.90 Å². The van der Waals surface area contributed by atoms with Crippen LogP contribution in [-0.2, 0) is 21.2 Å². The molecule has 0 bridgehead atoms. The van der Waals surface area contributed by atoms with Crippen LogP contribution in [-0.4, -0.2) is 85.8 Å². The molecule has 2 aliphatic heterocycles. The molecule has 2 fully saturated rings. The first-order valence-corrected chi connectivity index (χ1v) is 11.7. The molecule has 1 atom stereocenters. The topological polar surface area (TPSA) is 60.9 Å². The first-order valence-electron chi connectivity index (χ1n) is 9.86. The SMILES string of the molecule is CCN(C(=O)CN1CCN(Cc2cccc(C)c2)CC1)C1CCS(=O)(=O)C1. The van der Waals surface area contributed by atoms with Gasteiger partial charge in [-0.25, -0.2) is 8.42 Å². The molecule has 1 aromatic rings. The minimum absolute atomic E-state index is 0.0618. The van der Waals surface area contributed by atoms with Crippen molar-refractivity contribution in [2.45, 2.75) is 32.9 Å². The van der Waals surface area contributed by atoms with Crippen molar-refractivity contribution in [3.63, 3.8) is 0 Å². The molecule has 0 radical (unpaired) electrons. The molecule has 6 nitrogen and oxygen atoms in total. The maximum Gasteiger partial charge on any atom is 0.237 e. The second-order valence-corrected chi connectivity index (χ2v) is 10.0. The Morgan fingerprint density at radius 1 is 1.19 bits per heavy atom. The molecule has 1 unspecified atom stereocenters. The fourth-order valence-corrected chi connectivity index (χ4v) is 5.85. The van der Waals surface area contributed by atoms with E-state index in [1.807, 2.05) is 6.92 Å². The second-order valence-electron chi connectivity index (χ2n) is 7.78. The van der Waals surface area contributed by atoms with Gasteiger partial charge in [0.15, 0.2) is 9.84 Å². The summed E-state index contributed by atoms with van der Waals surface area (Å²) in [7, 11) is -2.97. The van der Waals surface area contributed by atoms with Gasteiger partial charge in [0, 0.05) is 45.3 Å². The number of sulfone groups is 1. The van der Waals surface area contributed by atoms with Gasteiger partial charge in [-0.2, -0.15) is 0 Å². The predicted molar refractivity (Wildman–Crippen MR) is 107 cm³/mol. The van der Waals surface area contributed by atoms with Crippen LogP contribution in [0, 0.1) is 6.92 Å². The molecule has 1 amide bonds. The summed E-state index contributed by atoms with van der Waals surface area (Å²) in [4.78, 5) is 19.1. The van der Waals surface area contributed by atoms with Crippen molar-refractivity contribution in [3.8, 4) is 0 Å². The second kappa shape index (κ2) is 8.71. The summed E-state index contributed by atoms with van der Waals surface area (Å²) in [5.74, 6) is 0.391. The third-order valence-corrected chi connectivity index (χ3v) is 7.37. The number of aryl methyl sites for hydroxylation is 1. The average molecular weight is 394 g/mol. The zero-order valence-electron chi connectivity index (χ0n) is 16.4. The summed E-state index contributed by atoms with van der Waals surface area (Å²) in [6.45, 7) is 9.61. The monoisotopic (exact) mass is 393 g/mol. The molecule has 2 saturated heterocycles. The number of piperazine rings is 1. The highest BCUT2D eigenvalue weighted by Crippen LogP contribution is 2.18. The first kappa shape index (κ1) is 20.3. The number of carbonyl (C=O) groups excluding carboxylic acids is 1. The Morgan fingerprint density at radius 2 is 1.89 bits per heavy atom. The highest BCUT2D eigenvalue weighted by atomic mass is 32.2. The molecule has 3 rings (SSSR count). The normalized spacial score (nSPS) is 23.4. The Hall–Kier alpha value is -1.44. The Bertz CT molecular complexity index is 757. The lowest BCUT2D eigenvalue weighted by Gasteiger charge is -2.36. The maximum atomic E-state index is 12.7. The van der Waals surface area contributed by atoms with Gasteiger partial charge in [0.1, 0.15) is 0 Å². The Kier molecular flexibility index (Phi) is 6.55. The molecule has 150 valence electrons. The standard InChI is InChI=1S/C20H31N3O3S/c1-3-23(19-7-12-27(25,26)16-19)20(24)15-22-10-8-21(9-11-22)14-18-6-4-5-17(2)13-18/h4-6,13,19H,3,7-12,14-16H2,1-2H3. The lowest BCUT2D eigenvalue weighted by Crippen LogP contribution is -2.51. The lowest BCUT2D eigenvalue weighted by atomic mass is 10.1. The maximum absolute atomic E-state index is 12.7. The third-order valence-electron chi connectivity index (χ3n) is 5.62. The molecule has 2 aliphatic rings. The largest absolute Gasteiger partial charge is 0.338 e. The minimum atomic E-state index is -2.97. The van der Waals surface area contributed by atoms with Crippen LogP contribution >= 0.6 is 0 Å². The molecule has 0 saturated carbocycles. The van der Waals surface area contributed by atoms with Crippen molar-refractivity contribution in [2.75, 3.05) is 50.8 Å². The van der Waals surface area contributed by atoms with E-state index in [4.69, 9.17) is 0 Å². The van der Waals surface area contributed by atoms with Gasteiger partial charge in [-0.3, -0.25) is 14.6 Å². The number of carbonyl (C=O) groups is 1. The highest BCUT2D eigenvalue weighted by molar-refractivity contribution is 7.91. The van der Waals surface area contributed by atoms with E-state index in [1.165, 1.54) is 11.1 Å². The van der Waals surface area contributed by atoms with Crippen LogP contribution in [0.2, 0.25) is 0 Å². The molecular formula is C20H31N3O3S. The van der Waals surface area contributed by atoms with E-state index in [1.54, 1.807) is 4.90 Å². The van der Waals surface area contributed by atoms with Crippen LogP contribution < -0.4 is 0 Å². The number of amides is 1. The predicted octanol–water partition coefficient (Wildman–Crippen LogP) is 1.15. The fraction of sp³-hybridized carbons (Fsp3) is 0.650. The van der Waals surface area contributed by atoms with Gasteiger partial charge in [-0.15, -0.1) is 0 Å². The van der Waals surface area contributed by atoms with Crippen LogP contribution in [0.3, 0.4) is 0 Å². The molecule has 0 spiro atoms.